The summed E-state index contributed by atoms with van der Waals surface area (Å²) in [6, 6.07) is 1.40. The third-order valence-electron chi connectivity index (χ3n) is 4.93. The van der Waals surface area contributed by atoms with Crippen LogP contribution >= 0.6 is 0 Å². The van der Waals surface area contributed by atoms with Gasteiger partial charge in [0, 0.05) is 38.3 Å². The molecule has 0 aromatic carbocycles. The van der Waals surface area contributed by atoms with Gasteiger partial charge in [-0.1, -0.05) is 20.8 Å². The predicted molar refractivity (Wildman–Crippen MR) is 77.9 cm³/mol. The van der Waals surface area contributed by atoms with Crippen LogP contribution in [0, 0.1) is 11.3 Å². The summed E-state index contributed by atoms with van der Waals surface area (Å²) in [4.78, 5) is 4.96. The second-order valence-corrected chi connectivity index (χ2v) is 7.46. The fraction of sp³-hybridized carbons (Fsp3) is 1.00. The number of likely N-dealkylation sites (N-methyl/N-ethyl adjacent to an activating group) is 2. The smallest absolute Gasteiger partial charge is 0.0345 e. The Labute approximate surface area is 113 Å². The van der Waals surface area contributed by atoms with Gasteiger partial charge in [-0.05, 0) is 38.3 Å². The fourth-order valence-corrected chi connectivity index (χ4v) is 3.78. The Morgan fingerprint density at radius 3 is 2.50 bits per heavy atom. The van der Waals surface area contributed by atoms with Crippen LogP contribution in [-0.4, -0.2) is 62.2 Å². The SMILES string of the molecule is CC1CC(C)(C)CC1NCC1CN(C)CCN1C. The van der Waals surface area contributed by atoms with Gasteiger partial charge in [0.1, 0.15) is 0 Å². The first kappa shape index (κ1) is 14.3. The maximum Gasteiger partial charge on any atom is 0.0345 e. The molecule has 0 bridgehead atoms. The standard InChI is InChI=1S/C15H31N3/c1-12-8-15(2,3)9-14(12)16-10-13-11-17(4)6-7-18(13)5/h12-14,16H,6-11H2,1-5H3. The van der Waals surface area contributed by atoms with Gasteiger partial charge in [-0.2, -0.15) is 0 Å². The molecular formula is C15H31N3. The summed E-state index contributed by atoms with van der Waals surface area (Å²) >= 11 is 0. The highest BCUT2D eigenvalue weighted by atomic mass is 15.3. The van der Waals surface area contributed by atoms with Gasteiger partial charge in [0.2, 0.25) is 0 Å². The molecule has 1 aliphatic carbocycles. The number of piperazine rings is 1. The zero-order valence-corrected chi connectivity index (χ0v) is 12.9. The number of rotatable bonds is 3. The monoisotopic (exact) mass is 253 g/mol. The number of nitrogens with one attached hydrogen (secondary N) is 1. The molecule has 0 amide bonds. The lowest BCUT2D eigenvalue weighted by molar-refractivity contribution is 0.110. The summed E-state index contributed by atoms with van der Waals surface area (Å²) in [6.07, 6.45) is 2.70. The molecule has 3 nitrogen and oxygen atoms in total. The zero-order valence-electron chi connectivity index (χ0n) is 12.9. The number of nitrogens with zero attached hydrogens (tertiary/aromatic N) is 2. The van der Waals surface area contributed by atoms with E-state index in [0.717, 1.165) is 18.5 Å². The Bertz CT molecular complexity index is 275. The van der Waals surface area contributed by atoms with Crippen molar-refractivity contribution in [2.24, 2.45) is 11.3 Å². The summed E-state index contributed by atoms with van der Waals surface area (Å²) in [5.74, 6) is 0.826. The topological polar surface area (TPSA) is 18.5 Å². The molecule has 3 atom stereocenters. The predicted octanol–water partition coefficient (Wildman–Crippen LogP) is 1.65. The van der Waals surface area contributed by atoms with Crippen molar-refractivity contribution < 1.29 is 0 Å². The van der Waals surface area contributed by atoms with Crippen LogP contribution in [0.5, 0.6) is 0 Å². The van der Waals surface area contributed by atoms with E-state index in [1.54, 1.807) is 0 Å². The molecule has 2 rings (SSSR count). The number of hydrogen-bond donors (Lipinski definition) is 1. The summed E-state index contributed by atoms with van der Waals surface area (Å²) in [7, 11) is 4.50. The van der Waals surface area contributed by atoms with E-state index in [0.29, 0.717) is 11.5 Å². The van der Waals surface area contributed by atoms with E-state index in [-0.39, 0.29) is 0 Å². The molecule has 1 saturated heterocycles. The Balaban J connectivity index is 1.80. The lowest BCUT2D eigenvalue weighted by atomic mass is 9.91. The molecule has 2 aliphatic rings. The minimum atomic E-state index is 0.534. The largest absolute Gasteiger partial charge is 0.312 e. The molecule has 3 heteroatoms. The van der Waals surface area contributed by atoms with Crippen molar-refractivity contribution in [1.29, 1.82) is 0 Å². The highest BCUT2D eigenvalue weighted by molar-refractivity contribution is 4.92. The zero-order chi connectivity index (χ0) is 13.3. The van der Waals surface area contributed by atoms with Gasteiger partial charge >= 0.3 is 0 Å². The highest BCUT2D eigenvalue weighted by Gasteiger charge is 2.36. The second kappa shape index (κ2) is 5.48. The molecule has 1 aliphatic heterocycles. The van der Waals surface area contributed by atoms with Crippen LogP contribution in [0.15, 0.2) is 0 Å². The molecule has 0 radical (unpaired) electrons. The van der Waals surface area contributed by atoms with Crippen molar-refractivity contribution in [3.05, 3.63) is 0 Å². The molecule has 0 spiro atoms. The second-order valence-electron chi connectivity index (χ2n) is 7.46. The lowest BCUT2D eigenvalue weighted by Crippen LogP contribution is -2.55. The van der Waals surface area contributed by atoms with Crippen LogP contribution in [0.1, 0.15) is 33.6 Å². The molecule has 3 unspecified atom stereocenters. The molecule has 106 valence electrons. The van der Waals surface area contributed by atoms with Crippen LogP contribution in [0.3, 0.4) is 0 Å². The van der Waals surface area contributed by atoms with Crippen LogP contribution in [0.4, 0.5) is 0 Å². The average Bonchev–Trinajstić information content (AvgIpc) is 2.53. The number of hydrogen-bond acceptors (Lipinski definition) is 3. The van der Waals surface area contributed by atoms with Crippen molar-refractivity contribution >= 4 is 0 Å². The minimum absolute atomic E-state index is 0.534. The normalized spacial score (nSPS) is 38.2. The van der Waals surface area contributed by atoms with E-state index in [4.69, 9.17) is 0 Å². The van der Waals surface area contributed by atoms with Gasteiger partial charge < -0.3 is 10.2 Å². The first-order valence-corrected chi connectivity index (χ1v) is 7.49. The van der Waals surface area contributed by atoms with E-state index in [2.05, 4.69) is 50.0 Å². The summed E-state index contributed by atoms with van der Waals surface area (Å²) in [5, 5.41) is 3.84. The molecule has 0 aromatic rings. The van der Waals surface area contributed by atoms with E-state index < -0.39 is 0 Å². The quantitative estimate of drug-likeness (QED) is 0.825. The maximum absolute atomic E-state index is 3.84. The van der Waals surface area contributed by atoms with Crippen molar-refractivity contribution in [2.45, 2.75) is 45.7 Å². The maximum atomic E-state index is 3.84. The Kier molecular flexibility index (Phi) is 4.35. The van der Waals surface area contributed by atoms with Gasteiger partial charge in [-0.25, -0.2) is 0 Å². The van der Waals surface area contributed by atoms with Crippen molar-refractivity contribution in [3.8, 4) is 0 Å². The third kappa shape index (κ3) is 3.46. The third-order valence-corrected chi connectivity index (χ3v) is 4.93. The van der Waals surface area contributed by atoms with E-state index in [9.17, 15) is 0 Å². The average molecular weight is 253 g/mol. The highest BCUT2D eigenvalue weighted by Crippen LogP contribution is 2.40. The van der Waals surface area contributed by atoms with Gasteiger partial charge in [-0.15, -0.1) is 0 Å². The fourth-order valence-electron chi connectivity index (χ4n) is 3.78. The lowest BCUT2D eigenvalue weighted by Gasteiger charge is -2.38. The Hall–Kier alpha value is -0.120. The Morgan fingerprint density at radius 1 is 1.17 bits per heavy atom. The molecule has 1 heterocycles. The van der Waals surface area contributed by atoms with Crippen LogP contribution in [0.2, 0.25) is 0 Å². The first-order chi connectivity index (χ1) is 8.37. The van der Waals surface area contributed by atoms with Crippen LogP contribution < -0.4 is 5.32 Å². The van der Waals surface area contributed by atoms with Crippen molar-refractivity contribution in [1.82, 2.24) is 15.1 Å². The Morgan fingerprint density at radius 2 is 1.89 bits per heavy atom. The first-order valence-electron chi connectivity index (χ1n) is 7.49. The van der Waals surface area contributed by atoms with Crippen molar-refractivity contribution in [3.63, 3.8) is 0 Å². The molecule has 0 aromatic heterocycles. The van der Waals surface area contributed by atoms with Gasteiger partial charge in [0.25, 0.3) is 0 Å². The molecule has 2 fully saturated rings. The molecule has 1 N–H and O–H groups in total. The summed E-state index contributed by atoms with van der Waals surface area (Å²) in [5.41, 5.74) is 0.534. The molecule has 1 saturated carbocycles. The summed E-state index contributed by atoms with van der Waals surface area (Å²) in [6.45, 7) is 12.0. The van der Waals surface area contributed by atoms with Gasteiger partial charge in [-0.3, -0.25) is 4.90 Å². The van der Waals surface area contributed by atoms with E-state index in [1.807, 2.05) is 0 Å². The van der Waals surface area contributed by atoms with Crippen LogP contribution in [0.25, 0.3) is 0 Å². The van der Waals surface area contributed by atoms with Crippen molar-refractivity contribution in [2.75, 3.05) is 40.3 Å². The minimum Gasteiger partial charge on any atom is -0.312 e. The van der Waals surface area contributed by atoms with Crippen LogP contribution in [-0.2, 0) is 0 Å². The van der Waals surface area contributed by atoms with Gasteiger partial charge in [0.15, 0.2) is 0 Å². The van der Waals surface area contributed by atoms with E-state index in [1.165, 1.54) is 32.5 Å². The molecular weight excluding hydrogens is 222 g/mol. The molecule has 18 heavy (non-hydrogen) atoms. The van der Waals surface area contributed by atoms with E-state index >= 15 is 0 Å². The van der Waals surface area contributed by atoms with Gasteiger partial charge in [0.05, 0.1) is 0 Å². The summed E-state index contributed by atoms with van der Waals surface area (Å²) < 4.78 is 0.